The van der Waals surface area contributed by atoms with Gasteiger partial charge in [0.1, 0.15) is 11.4 Å². The maximum Gasteiger partial charge on any atom is 0.323 e. The lowest BCUT2D eigenvalue weighted by Crippen LogP contribution is -2.21. The number of nitrogens with zero attached hydrogens (tertiary/aromatic N) is 1. The summed E-state index contributed by atoms with van der Waals surface area (Å²) in [5.41, 5.74) is 0.871. The molecular weight excluding hydrogens is 335 g/mol. The van der Waals surface area contributed by atoms with Gasteiger partial charge in [0.05, 0.1) is 5.69 Å². The topological polar surface area (TPSA) is 67.2 Å². The molecule has 0 saturated heterocycles. The lowest BCUT2D eigenvalue weighted by atomic mass is 10.1. The van der Waals surface area contributed by atoms with Gasteiger partial charge in [-0.05, 0) is 19.1 Å². The fourth-order valence-corrected chi connectivity index (χ4v) is 2.19. The fourth-order valence-electron chi connectivity index (χ4n) is 2.19. The number of aryl methyl sites for hydroxylation is 1. The number of hydrogen-bond acceptors (Lipinski definition) is 3. The smallest absolute Gasteiger partial charge is 0.323 e. The molecule has 25 heavy (non-hydrogen) atoms. The molecule has 1 heterocycles. The van der Waals surface area contributed by atoms with Gasteiger partial charge in [-0.15, -0.1) is 0 Å². The van der Waals surface area contributed by atoms with Crippen molar-refractivity contribution in [3.05, 3.63) is 65.6 Å². The van der Waals surface area contributed by atoms with E-state index in [0.29, 0.717) is 23.1 Å². The van der Waals surface area contributed by atoms with Gasteiger partial charge in [0, 0.05) is 5.56 Å². The second kappa shape index (κ2) is 6.68. The van der Waals surface area contributed by atoms with E-state index in [4.69, 9.17) is 4.52 Å². The summed E-state index contributed by atoms with van der Waals surface area (Å²) >= 11 is 0. The zero-order valence-corrected chi connectivity index (χ0v) is 12.9. The average molecular weight is 347 g/mol. The van der Waals surface area contributed by atoms with Crippen LogP contribution < -0.4 is 10.6 Å². The zero-order valence-electron chi connectivity index (χ0n) is 12.9. The van der Waals surface area contributed by atoms with Gasteiger partial charge in [-0.3, -0.25) is 0 Å². The minimum Gasteiger partial charge on any atom is -0.354 e. The lowest BCUT2D eigenvalue weighted by Gasteiger charge is -2.09. The first-order valence-corrected chi connectivity index (χ1v) is 7.20. The van der Waals surface area contributed by atoms with Crippen LogP contribution in [0.3, 0.4) is 0 Å². The van der Waals surface area contributed by atoms with Crippen LogP contribution in [0, 0.1) is 24.4 Å². The van der Waals surface area contributed by atoms with Gasteiger partial charge in [0.25, 0.3) is 0 Å². The summed E-state index contributed by atoms with van der Waals surface area (Å²) in [5.74, 6) is -4.17. The van der Waals surface area contributed by atoms with E-state index < -0.39 is 29.2 Å². The molecule has 0 bridgehead atoms. The number of carbonyl (C=O) groups excluding carboxylic acids is 1. The molecule has 3 aromatic rings. The predicted molar refractivity (Wildman–Crippen MR) is 85.6 cm³/mol. The van der Waals surface area contributed by atoms with Crippen LogP contribution in [-0.4, -0.2) is 11.2 Å². The number of anilines is 2. The highest BCUT2D eigenvalue weighted by molar-refractivity contribution is 6.02. The summed E-state index contributed by atoms with van der Waals surface area (Å²) in [6, 6.07) is 9.70. The Hall–Kier alpha value is -3.29. The zero-order chi connectivity index (χ0) is 18.0. The molecule has 0 aliphatic carbocycles. The predicted octanol–water partition coefficient (Wildman–Crippen LogP) is 4.71. The van der Waals surface area contributed by atoms with Gasteiger partial charge < -0.3 is 15.2 Å². The van der Waals surface area contributed by atoms with Crippen molar-refractivity contribution in [3.8, 4) is 11.3 Å². The van der Waals surface area contributed by atoms with Crippen molar-refractivity contribution in [2.45, 2.75) is 6.92 Å². The minimum atomic E-state index is -1.66. The molecule has 2 N–H and O–H groups in total. The van der Waals surface area contributed by atoms with E-state index in [0.717, 1.165) is 6.07 Å². The number of benzene rings is 2. The van der Waals surface area contributed by atoms with Crippen LogP contribution in [0.1, 0.15) is 5.69 Å². The monoisotopic (exact) mass is 347 g/mol. The van der Waals surface area contributed by atoms with Crippen molar-refractivity contribution in [3.63, 3.8) is 0 Å². The van der Waals surface area contributed by atoms with E-state index in [-0.39, 0.29) is 5.69 Å². The Morgan fingerprint density at radius 1 is 1.00 bits per heavy atom. The first-order chi connectivity index (χ1) is 12.0. The van der Waals surface area contributed by atoms with E-state index >= 15 is 0 Å². The Bertz CT molecular complexity index is 926. The number of amides is 2. The van der Waals surface area contributed by atoms with Crippen LogP contribution in [0.4, 0.5) is 29.3 Å². The molecule has 0 spiro atoms. The number of carbonyl (C=O) groups is 1. The van der Waals surface area contributed by atoms with Crippen molar-refractivity contribution in [2.75, 3.05) is 10.6 Å². The van der Waals surface area contributed by atoms with Crippen molar-refractivity contribution < 1.29 is 22.5 Å². The van der Waals surface area contributed by atoms with E-state index in [1.54, 1.807) is 31.2 Å². The average Bonchev–Trinajstić information content (AvgIpc) is 2.97. The SMILES string of the molecule is Cc1noc(-c2ccccc2)c1NC(=O)Nc1ccc(F)c(F)c1F. The molecule has 0 radical (unpaired) electrons. The van der Waals surface area contributed by atoms with E-state index in [9.17, 15) is 18.0 Å². The second-order valence-electron chi connectivity index (χ2n) is 5.14. The molecule has 0 unspecified atom stereocenters. The van der Waals surface area contributed by atoms with Crippen LogP contribution in [0.2, 0.25) is 0 Å². The van der Waals surface area contributed by atoms with Crippen LogP contribution in [-0.2, 0) is 0 Å². The van der Waals surface area contributed by atoms with Crippen molar-refractivity contribution in [1.29, 1.82) is 0 Å². The van der Waals surface area contributed by atoms with Crippen LogP contribution in [0.15, 0.2) is 47.0 Å². The Morgan fingerprint density at radius 3 is 2.44 bits per heavy atom. The maximum absolute atomic E-state index is 13.6. The van der Waals surface area contributed by atoms with Crippen molar-refractivity contribution in [2.24, 2.45) is 0 Å². The van der Waals surface area contributed by atoms with E-state index in [2.05, 4.69) is 15.8 Å². The molecule has 2 amide bonds. The number of rotatable bonds is 3. The van der Waals surface area contributed by atoms with Crippen LogP contribution in [0.5, 0.6) is 0 Å². The van der Waals surface area contributed by atoms with E-state index in [1.165, 1.54) is 0 Å². The summed E-state index contributed by atoms with van der Waals surface area (Å²) in [4.78, 5) is 12.1. The van der Waals surface area contributed by atoms with Crippen molar-refractivity contribution in [1.82, 2.24) is 5.16 Å². The van der Waals surface area contributed by atoms with Gasteiger partial charge in [0.15, 0.2) is 23.2 Å². The Morgan fingerprint density at radius 2 is 1.72 bits per heavy atom. The van der Waals surface area contributed by atoms with Gasteiger partial charge in [0.2, 0.25) is 0 Å². The number of urea groups is 1. The first kappa shape index (κ1) is 16.6. The molecule has 1 aromatic heterocycles. The van der Waals surface area contributed by atoms with Gasteiger partial charge in [-0.25, -0.2) is 18.0 Å². The Labute approximate surface area is 140 Å². The van der Waals surface area contributed by atoms with Crippen molar-refractivity contribution >= 4 is 17.4 Å². The highest BCUT2D eigenvalue weighted by Gasteiger charge is 2.19. The molecule has 0 fully saturated rings. The number of halogens is 3. The van der Waals surface area contributed by atoms with Gasteiger partial charge >= 0.3 is 6.03 Å². The molecule has 0 aliphatic heterocycles. The largest absolute Gasteiger partial charge is 0.354 e. The summed E-state index contributed by atoms with van der Waals surface area (Å²) in [7, 11) is 0. The molecule has 0 atom stereocenters. The summed E-state index contributed by atoms with van der Waals surface area (Å²) in [6.07, 6.45) is 0. The van der Waals surface area contributed by atoms with Crippen LogP contribution >= 0.6 is 0 Å². The van der Waals surface area contributed by atoms with E-state index in [1.807, 2.05) is 6.07 Å². The molecule has 2 aromatic carbocycles. The third-order valence-electron chi connectivity index (χ3n) is 3.42. The first-order valence-electron chi connectivity index (χ1n) is 7.20. The third-order valence-corrected chi connectivity index (χ3v) is 3.42. The number of aromatic nitrogens is 1. The fraction of sp³-hybridized carbons (Fsp3) is 0.0588. The molecule has 3 rings (SSSR count). The van der Waals surface area contributed by atoms with Crippen LogP contribution in [0.25, 0.3) is 11.3 Å². The minimum absolute atomic E-state index is 0.284. The lowest BCUT2D eigenvalue weighted by molar-refractivity contribution is 0.262. The quantitative estimate of drug-likeness (QED) is 0.674. The molecule has 128 valence electrons. The molecule has 8 heteroatoms. The highest BCUT2D eigenvalue weighted by atomic mass is 19.2. The Kier molecular flexibility index (Phi) is 4.42. The summed E-state index contributed by atoms with van der Waals surface area (Å²) in [6.45, 7) is 1.61. The highest BCUT2D eigenvalue weighted by Crippen LogP contribution is 2.31. The molecule has 5 nitrogen and oxygen atoms in total. The maximum atomic E-state index is 13.6. The normalized spacial score (nSPS) is 10.6. The van der Waals surface area contributed by atoms with Gasteiger partial charge in [-0.2, -0.15) is 0 Å². The molecule has 0 saturated carbocycles. The summed E-state index contributed by atoms with van der Waals surface area (Å²) in [5, 5.41) is 8.39. The number of hydrogen-bond donors (Lipinski definition) is 2. The Balaban J connectivity index is 1.83. The number of nitrogens with one attached hydrogen (secondary N) is 2. The van der Waals surface area contributed by atoms with Gasteiger partial charge in [-0.1, -0.05) is 35.5 Å². The molecular formula is C17H12F3N3O2. The molecule has 0 aliphatic rings. The standard InChI is InChI=1S/C17H12F3N3O2/c1-9-15(16(25-23-9)10-5-3-2-4-6-10)22-17(24)21-12-8-7-11(18)13(19)14(12)20/h2-8H,1H3,(H2,21,22,24). The second-order valence-corrected chi connectivity index (χ2v) is 5.14. The summed E-state index contributed by atoms with van der Waals surface area (Å²) < 4.78 is 45.0. The third kappa shape index (κ3) is 3.32.